The highest BCUT2D eigenvalue weighted by atomic mass is 79.9. The third kappa shape index (κ3) is 5.07. The maximum Gasteiger partial charge on any atom is 0.335 e. The van der Waals surface area contributed by atoms with Gasteiger partial charge in [-0.05, 0) is 47.5 Å². The third-order valence-electron chi connectivity index (χ3n) is 4.39. The van der Waals surface area contributed by atoms with Gasteiger partial charge in [0.15, 0.2) is 11.5 Å². The Morgan fingerprint density at radius 2 is 1.73 bits per heavy atom. The van der Waals surface area contributed by atoms with Gasteiger partial charge < -0.3 is 14.6 Å². The lowest BCUT2D eigenvalue weighted by molar-refractivity contribution is 0.0697. The number of aromatic carboxylic acids is 1. The smallest absolute Gasteiger partial charge is 0.335 e. The average molecular weight is 464 g/mol. The number of para-hydroxylation sites is 1. The van der Waals surface area contributed by atoms with Gasteiger partial charge in [0.2, 0.25) is 0 Å². The molecule has 0 spiro atoms. The zero-order valence-corrected chi connectivity index (χ0v) is 17.7. The number of halogens is 1. The van der Waals surface area contributed by atoms with Gasteiger partial charge in [-0.1, -0.05) is 52.3 Å². The highest BCUT2D eigenvalue weighted by Gasteiger charge is 2.12. The number of hydrogen-bond donors (Lipinski definition) is 1. The molecule has 0 aliphatic rings. The Labute approximate surface area is 182 Å². The van der Waals surface area contributed by atoms with Crippen LogP contribution >= 0.6 is 15.9 Å². The van der Waals surface area contributed by atoms with Crippen molar-refractivity contribution in [3.8, 4) is 17.6 Å². The van der Waals surface area contributed by atoms with Crippen molar-refractivity contribution < 1.29 is 19.4 Å². The highest BCUT2D eigenvalue weighted by Crippen LogP contribution is 2.34. The molecule has 0 atom stereocenters. The zero-order valence-electron chi connectivity index (χ0n) is 16.1. The molecular formula is C24H18BrNO4. The van der Waals surface area contributed by atoms with Gasteiger partial charge in [-0.3, -0.25) is 0 Å². The van der Waals surface area contributed by atoms with Gasteiger partial charge in [0.25, 0.3) is 0 Å². The van der Waals surface area contributed by atoms with E-state index in [0.29, 0.717) is 22.6 Å². The molecule has 0 heterocycles. The fourth-order valence-corrected chi connectivity index (χ4v) is 3.09. The SMILES string of the molecule is COc1cccc(/C=C(/C#N)c2ccc(Br)cc2)c1OCc1ccc(C(=O)O)cc1. The van der Waals surface area contributed by atoms with Crippen molar-refractivity contribution in [2.45, 2.75) is 6.61 Å². The second-order valence-electron chi connectivity index (χ2n) is 6.35. The van der Waals surface area contributed by atoms with Gasteiger partial charge >= 0.3 is 5.97 Å². The molecule has 0 fully saturated rings. The molecule has 3 rings (SSSR count). The number of methoxy groups -OCH3 is 1. The van der Waals surface area contributed by atoms with Gasteiger partial charge in [-0.25, -0.2) is 4.79 Å². The molecule has 0 bridgehead atoms. The van der Waals surface area contributed by atoms with Crippen LogP contribution in [0.25, 0.3) is 11.6 Å². The van der Waals surface area contributed by atoms with E-state index in [1.54, 1.807) is 31.4 Å². The summed E-state index contributed by atoms with van der Waals surface area (Å²) in [5, 5.41) is 18.7. The molecule has 3 aromatic rings. The van der Waals surface area contributed by atoms with Crippen LogP contribution in [-0.2, 0) is 6.61 Å². The molecular weight excluding hydrogens is 446 g/mol. The first-order chi connectivity index (χ1) is 14.5. The van der Waals surface area contributed by atoms with E-state index < -0.39 is 5.97 Å². The summed E-state index contributed by atoms with van der Waals surface area (Å²) in [6.07, 6.45) is 1.76. The molecule has 0 radical (unpaired) electrons. The first kappa shape index (κ1) is 21.2. The maximum atomic E-state index is 11.0. The van der Waals surface area contributed by atoms with E-state index in [1.165, 1.54) is 12.1 Å². The Bertz CT molecular complexity index is 1110. The van der Waals surface area contributed by atoms with E-state index in [-0.39, 0.29) is 12.2 Å². The molecule has 0 aromatic heterocycles. The summed E-state index contributed by atoms with van der Waals surface area (Å²) in [6.45, 7) is 0.223. The van der Waals surface area contributed by atoms with Crippen molar-refractivity contribution in [2.75, 3.05) is 7.11 Å². The number of ether oxygens (including phenoxy) is 2. The molecule has 5 nitrogen and oxygen atoms in total. The first-order valence-electron chi connectivity index (χ1n) is 9.01. The minimum atomic E-state index is -0.975. The summed E-state index contributed by atoms with van der Waals surface area (Å²) < 4.78 is 12.4. The van der Waals surface area contributed by atoms with Crippen LogP contribution in [0.4, 0.5) is 0 Å². The number of carboxylic acids is 1. The van der Waals surface area contributed by atoms with E-state index in [9.17, 15) is 10.1 Å². The quantitative estimate of drug-likeness (QED) is 0.353. The minimum absolute atomic E-state index is 0.216. The summed E-state index contributed by atoms with van der Waals surface area (Å²) >= 11 is 3.40. The number of rotatable bonds is 7. The fraction of sp³-hybridized carbons (Fsp3) is 0.0833. The lowest BCUT2D eigenvalue weighted by Crippen LogP contribution is -2.01. The Morgan fingerprint density at radius 1 is 1.07 bits per heavy atom. The Balaban J connectivity index is 1.91. The lowest BCUT2D eigenvalue weighted by Gasteiger charge is -2.14. The van der Waals surface area contributed by atoms with E-state index in [2.05, 4.69) is 22.0 Å². The average Bonchev–Trinajstić information content (AvgIpc) is 2.77. The minimum Gasteiger partial charge on any atom is -0.493 e. The van der Waals surface area contributed by atoms with Crippen molar-refractivity contribution in [1.82, 2.24) is 0 Å². The van der Waals surface area contributed by atoms with E-state index >= 15 is 0 Å². The van der Waals surface area contributed by atoms with Crippen LogP contribution in [0.5, 0.6) is 11.5 Å². The second kappa shape index (κ2) is 9.77. The van der Waals surface area contributed by atoms with Crippen LogP contribution in [0.15, 0.2) is 71.2 Å². The summed E-state index contributed by atoms with van der Waals surface area (Å²) in [6, 6.07) is 21.7. The summed E-state index contributed by atoms with van der Waals surface area (Å²) in [5.41, 5.74) is 3.02. The second-order valence-corrected chi connectivity index (χ2v) is 7.26. The molecule has 0 amide bonds. The van der Waals surface area contributed by atoms with Crippen LogP contribution in [0.1, 0.15) is 27.0 Å². The van der Waals surface area contributed by atoms with Gasteiger partial charge in [-0.2, -0.15) is 5.26 Å². The molecule has 1 N–H and O–H groups in total. The van der Waals surface area contributed by atoms with Crippen molar-refractivity contribution >= 4 is 33.5 Å². The molecule has 6 heteroatoms. The van der Waals surface area contributed by atoms with Crippen LogP contribution in [0, 0.1) is 11.3 Å². The number of nitrogens with zero attached hydrogens (tertiary/aromatic N) is 1. The van der Waals surface area contributed by atoms with Gasteiger partial charge in [0.05, 0.1) is 24.3 Å². The molecule has 150 valence electrons. The Hall–Kier alpha value is -3.56. The van der Waals surface area contributed by atoms with Crippen molar-refractivity contribution in [1.29, 1.82) is 5.26 Å². The molecule has 0 aliphatic carbocycles. The van der Waals surface area contributed by atoms with Gasteiger partial charge in [0.1, 0.15) is 6.61 Å². The van der Waals surface area contributed by atoms with Gasteiger partial charge in [0, 0.05) is 10.0 Å². The zero-order chi connectivity index (χ0) is 21.5. The lowest BCUT2D eigenvalue weighted by atomic mass is 10.0. The van der Waals surface area contributed by atoms with Crippen LogP contribution < -0.4 is 9.47 Å². The first-order valence-corrected chi connectivity index (χ1v) is 9.81. The monoisotopic (exact) mass is 463 g/mol. The number of nitriles is 1. The Morgan fingerprint density at radius 3 is 2.33 bits per heavy atom. The third-order valence-corrected chi connectivity index (χ3v) is 4.92. The molecule has 0 saturated carbocycles. The van der Waals surface area contributed by atoms with Crippen molar-refractivity contribution in [3.63, 3.8) is 0 Å². The predicted molar refractivity (Wildman–Crippen MR) is 118 cm³/mol. The highest BCUT2D eigenvalue weighted by molar-refractivity contribution is 9.10. The number of benzene rings is 3. The predicted octanol–water partition coefficient (Wildman–Crippen LogP) is 5.80. The van der Waals surface area contributed by atoms with Gasteiger partial charge in [-0.15, -0.1) is 0 Å². The van der Waals surface area contributed by atoms with Crippen LogP contribution in [0.3, 0.4) is 0 Å². The maximum absolute atomic E-state index is 11.0. The Kier molecular flexibility index (Phi) is 6.89. The summed E-state index contributed by atoms with van der Waals surface area (Å²) in [4.78, 5) is 11.0. The molecule has 0 saturated heterocycles. The largest absolute Gasteiger partial charge is 0.493 e. The standard InChI is InChI=1S/C24H18BrNO4/c1-29-22-4-2-3-19(13-20(14-26)17-9-11-21(25)12-10-17)23(22)30-15-16-5-7-18(8-6-16)24(27)28/h2-13H,15H2,1H3,(H,27,28)/b20-13-. The number of allylic oxidation sites excluding steroid dienone is 1. The number of carbonyl (C=O) groups is 1. The fourth-order valence-electron chi connectivity index (χ4n) is 2.83. The van der Waals surface area contributed by atoms with Crippen LogP contribution in [-0.4, -0.2) is 18.2 Å². The van der Waals surface area contributed by atoms with Crippen molar-refractivity contribution in [3.05, 3.63) is 93.5 Å². The van der Waals surface area contributed by atoms with Crippen LogP contribution in [0.2, 0.25) is 0 Å². The molecule has 3 aromatic carbocycles. The summed E-state index contributed by atoms with van der Waals surface area (Å²) in [7, 11) is 1.55. The van der Waals surface area contributed by atoms with E-state index in [4.69, 9.17) is 14.6 Å². The number of hydrogen-bond acceptors (Lipinski definition) is 4. The van der Waals surface area contributed by atoms with E-state index in [0.717, 1.165) is 15.6 Å². The van der Waals surface area contributed by atoms with E-state index in [1.807, 2.05) is 36.4 Å². The molecule has 0 unspecified atom stereocenters. The summed E-state index contributed by atoms with van der Waals surface area (Å²) in [5.74, 6) is 0.0720. The van der Waals surface area contributed by atoms with Crippen molar-refractivity contribution in [2.24, 2.45) is 0 Å². The normalized spacial score (nSPS) is 10.9. The number of carboxylic acid groups (broad SMARTS) is 1. The topological polar surface area (TPSA) is 79.5 Å². The molecule has 0 aliphatic heterocycles. The molecule has 30 heavy (non-hydrogen) atoms.